The summed E-state index contributed by atoms with van der Waals surface area (Å²) in [4.78, 5) is 0. The zero-order chi connectivity index (χ0) is 10.6. The van der Waals surface area contributed by atoms with E-state index >= 15 is 0 Å². The lowest BCUT2D eigenvalue weighted by atomic mass is 10.1. The van der Waals surface area contributed by atoms with Crippen LogP contribution >= 0.6 is 0 Å². The third-order valence-corrected chi connectivity index (χ3v) is 2.15. The molecule has 0 spiro atoms. The molecule has 0 heterocycles. The Labute approximate surface area is 88.2 Å². The molecule has 3 nitrogen and oxygen atoms in total. The van der Waals surface area contributed by atoms with Crippen molar-refractivity contribution in [3.8, 4) is 0 Å². The molecule has 0 saturated heterocycles. The number of ether oxygens (including phenoxy) is 2. The minimum absolute atomic E-state index is 0.511. The van der Waals surface area contributed by atoms with Crippen LogP contribution in [0.2, 0.25) is 0 Å². The molecule has 3 heteroatoms. The van der Waals surface area contributed by atoms with Gasteiger partial charge in [0.05, 0.1) is 19.8 Å². The van der Waals surface area contributed by atoms with Gasteiger partial charge in [0, 0.05) is 13.2 Å². The quantitative estimate of drug-likeness (QED) is 0.549. The second-order valence-electron chi connectivity index (χ2n) is 3.46. The van der Waals surface area contributed by atoms with Gasteiger partial charge in [-0.15, -0.1) is 0 Å². The highest BCUT2D eigenvalue weighted by Gasteiger charge is 2.05. The van der Waals surface area contributed by atoms with E-state index in [0.29, 0.717) is 19.3 Å². The molecule has 86 valence electrons. The van der Waals surface area contributed by atoms with Crippen LogP contribution in [0.3, 0.4) is 0 Å². The van der Waals surface area contributed by atoms with Crippen LogP contribution in [0, 0.1) is 0 Å². The molecule has 0 aromatic heterocycles. The third-order valence-electron chi connectivity index (χ3n) is 2.15. The molecule has 0 bridgehead atoms. The van der Waals surface area contributed by atoms with Crippen LogP contribution in [-0.2, 0) is 9.47 Å². The van der Waals surface area contributed by atoms with E-state index in [4.69, 9.17) is 9.47 Å². The van der Waals surface area contributed by atoms with Gasteiger partial charge in [-0.3, -0.25) is 0 Å². The third kappa shape index (κ3) is 8.48. The van der Waals surface area contributed by atoms with E-state index in [9.17, 15) is 0 Å². The lowest BCUT2D eigenvalue weighted by Gasteiger charge is -2.17. The Hall–Kier alpha value is -0.120. The van der Waals surface area contributed by atoms with Crippen LogP contribution in [0.15, 0.2) is 0 Å². The Morgan fingerprint density at radius 3 is 2.57 bits per heavy atom. The van der Waals surface area contributed by atoms with Gasteiger partial charge < -0.3 is 14.8 Å². The zero-order valence-corrected chi connectivity index (χ0v) is 9.84. The van der Waals surface area contributed by atoms with Crippen molar-refractivity contribution in [1.29, 1.82) is 0 Å². The Bertz CT molecular complexity index is 109. The molecule has 0 aliphatic carbocycles. The number of hydrogen-bond acceptors (Lipinski definition) is 3. The first-order chi connectivity index (χ1) is 6.85. The zero-order valence-electron chi connectivity index (χ0n) is 9.84. The van der Waals surface area contributed by atoms with Gasteiger partial charge in [-0.05, 0) is 13.0 Å². The fourth-order valence-corrected chi connectivity index (χ4v) is 1.35. The van der Waals surface area contributed by atoms with E-state index in [2.05, 4.69) is 19.2 Å². The standard InChI is InChI=1S/C11H25NO2/c1-4-6-7-11(12-5-2)10-14-9-8-13-3/h11-12H,4-10H2,1-3H3. The maximum absolute atomic E-state index is 5.50. The summed E-state index contributed by atoms with van der Waals surface area (Å²) < 4.78 is 10.4. The topological polar surface area (TPSA) is 30.5 Å². The summed E-state index contributed by atoms with van der Waals surface area (Å²) in [6.45, 7) is 7.55. The fourth-order valence-electron chi connectivity index (χ4n) is 1.35. The van der Waals surface area contributed by atoms with Crippen LogP contribution in [0.4, 0.5) is 0 Å². The second-order valence-corrected chi connectivity index (χ2v) is 3.46. The van der Waals surface area contributed by atoms with Crippen molar-refractivity contribution in [2.75, 3.05) is 33.5 Å². The van der Waals surface area contributed by atoms with Crippen LogP contribution in [-0.4, -0.2) is 39.5 Å². The number of unbranched alkanes of at least 4 members (excludes halogenated alkanes) is 1. The average molecular weight is 203 g/mol. The summed E-state index contributed by atoms with van der Waals surface area (Å²) in [7, 11) is 1.70. The number of rotatable bonds is 10. The van der Waals surface area contributed by atoms with E-state index in [1.54, 1.807) is 7.11 Å². The maximum atomic E-state index is 5.50. The van der Waals surface area contributed by atoms with Gasteiger partial charge in [-0.1, -0.05) is 26.7 Å². The largest absolute Gasteiger partial charge is 0.382 e. The minimum atomic E-state index is 0.511. The first-order valence-corrected chi connectivity index (χ1v) is 5.65. The summed E-state index contributed by atoms with van der Waals surface area (Å²) in [5, 5.41) is 3.43. The van der Waals surface area contributed by atoms with Crippen LogP contribution in [0.25, 0.3) is 0 Å². The number of nitrogens with one attached hydrogen (secondary N) is 1. The van der Waals surface area contributed by atoms with Crippen molar-refractivity contribution < 1.29 is 9.47 Å². The van der Waals surface area contributed by atoms with Crippen molar-refractivity contribution >= 4 is 0 Å². The molecule has 1 unspecified atom stereocenters. The van der Waals surface area contributed by atoms with Crippen molar-refractivity contribution in [3.05, 3.63) is 0 Å². The van der Waals surface area contributed by atoms with Gasteiger partial charge in [0.15, 0.2) is 0 Å². The first-order valence-electron chi connectivity index (χ1n) is 5.65. The van der Waals surface area contributed by atoms with Gasteiger partial charge >= 0.3 is 0 Å². The normalized spacial score (nSPS) is 13.1. The van der Waals surface area contributed by atoms with Gasteiger partial charge in [0.1, 0.15) is 0 Å². The highest BCUT2D eigenvalue weighted by Crippen LogP contribution is 2.01. The van der Waals surface area contributed by atoms with E-state index in [-0.39, 0.29) is 0 Å². The summed E-state index contributed by atoms with van der Waals surface area (Å²) >= 11 is 0. The van der Waals surface area contributed by atoms with Crippen molar-refractivity contribution in [3.63, 3.8) is 0 Å². The molecule has 0 aliphatic heterocycles. The Morgan fingerprint density at radius 1 is 1.21 bits per heavy atom. The molecular formula is C11H25NO2. The molecule has 0 radical (unpaired) electrons. The van der Waals surface area contributed by atoms with Gasteiger partial charge in [0.2, 0.25) is 0 Å². The lowest BCUT2D eigenvalue weighted by molar-refractivity contribution is 0.0574. The van der Waals surface area contributed by atoms with Crippen LogP contribution in [0.5, 0.6) is 0 Å². The van der Waals surface area contributed by atoms with Crippen molar-refractivity contribution in [2.24, 2.45) is 0 Å². The summed E-state index contributed by atoms with van der Waals surface area (Å²) in [5.41, 5.74) is 0. The van der Waals surface area contributed by atoms with Gasteiger partial charge in [-0.2, -0.15) is 0 Å². The summed E-state index contributed by atoms with van der Waals surface area (Å²) in [6.07, 6.45) is 3.72. The predicted molar refractivity (Wildman–Crippen MR) is 59.7 cm³/mol. The monoisotopic (exact) mass is 203 g/mol. The molecule has 0 aliphatic rings. The summed E-state index contributed by atoms with van der Waals surface area (Å²) in [5.74, 6) is 0. The lowest BCUT2D eigenvalue weighted by Crippen LogP contribution is -2.33. The van der Waals surface area contributed by atoms with Crippen molar-refractivity contribution in [2.45, 2.75) is 39.2 Å². The molecule has 0 saturated carbocycles. The first kappa shape index (κ1) is 13.9. The molecule has 0 amide bonds. The molecule has 0 aromatic carbocycles. The predicted octanol–water partition coefficient (Wildman–Crippen LogP) is 1.82. The number of methoxy groups -OCH3 is 1. The molecule has 1 N–H and O–H groups in total. The molecule has 14 heavy (non-hydrogen) atoms. The van der Waals surface area contributed by atoms with Crippen LogP contribution in [0.1, 0.15) is 33.1 Å². The van der Waals surface area contributed by atoms with Crippen LogP contribution < -0.4 is 5.32 Å². The van der Waals surface area contributed by atoms with E-state index in [1.807, 2.05) is 0 Å². The maximum Gasteiger partial charge on any atom is 0.0701 e. The Balaban J connectivity index is 3.40. The Kier molecular flexibility index (Phi) is 10.9. The highest BCUT2D eigenvalue weighted by molar-refractivity contribution is 4.64. The van der Waals surface area contributed by atoms with Gasteiger partial charge in [-0.25, -0.2) is 0 Å². The number of likely N-dealkylation sites (N-methyl/N-ethyl adjacent to an activating group) is 1. The average Bonchev–Trinajstić information content (AvgIpc) is 2.20. The molecule has 0 aromatic rings. The van der Waals surface area contributed by atoms with Crippen molar-refractivity contribution in [1.82, 2.24) is 5.32 Å². The SMILES string of the molecule is CCCCC(COCCOC)NCC. The van der Waals surface area contributed by atoms with E-state index in [1.165, 1.54) is 19.3 Å². The van der Waals surface area contributed by atoms with Gasteiger partial charge in [0.25, 0.3) is 0 Å². The smallest absolute Gasteiger partial charge is 0.0701 e. The second kappa shape index (κ2) is 11.0. The fraction of sp³-hybridized carbons (Fsp3) is 1.00. The van der Waals surface area contributed by atoms with E-state index in [0.717, 1.165) is 13.2 Å². The molecule has 0 rings (SSSR count). The highest BCUT2D eigenvalue weighted by atomic mass is 16.5. The molecular weight excluding hydrogens is 178 g/mol. The molecule has 0 fully saturated rings. The minimum Gasteiger partial charge on any atom is -0.382 e. The molecule has 1 atom stereocenters. The number of hydrogen-bond donors (Lipinski definition) is 1. The Morgan fingerprint density at radius 2 is 2.00 bits per heavy atom. The summed E-state index contributed by atoms with van der Waals surface area (Å²) in [6, 6.07) is 0.511. The van der Waals surface area contributed by atoms with E-state index < -0.39 is 0 Å².